The van der Waals surface area contributed by atoms with E-state index in [9.17, 15) is 13.2 Å². The van der Waals surface area contributed by atoms with Crippen LogP contribution >= 0.6 is 0 Å². The minimum Gasteiger partial charge on any atom is -0.469 e. The summed E-state index contributed by atoms with van der Waals surface area (Å²) in [7, 11) is 2.07. The number of piperidine rings is 1. The molecular weight excluding hydrogens is 297 g/mol. The Hall–Kier alpha value is -1.76. The average Bonchev–Trinajstić information content (AvgIpc) is 2.86. The van der Waals surface area contributed by atoms with E-state index in [1.165, 1.54) is 24.3 Å². The Labute approximate surface area is 126 Å². The lowest BCUT2D eigenvalue weighted by Gasteiger charge is -2.36. The third-order valence-corrected chi connectivity index (χ3v) is 4.06. The van der Waals surface area contributed by atoms with Crippen molar-refractivity contribution in [3.05, 3.63) is 29.8 Å². The van der Waals surface area contributed by atoms with Crippen molar-refractivity contribution < 1.29 is 22.6 Å². The molecule has 22 heavy (non-hydrogen) atoms. The largest absolute Gasteiger partial charge is 0.573 e. The smallest absolute Gasteiger partial charge is 0.469 e. The minimum absolute atomic E-state index is 0.246. The van der Waals surface area contributed by atoms with Gasteiger partial charge in [0.1, 0.15) is 11.4 Å². The molecule has 2 heterocycles. The average molecular weight is 314 g/mol. The fourth-order valence-corrected chi connectivity index (χ4v) is 2.72. The second-order valence-corrected chi connectivity index (χ2v) is 5.78. The van der Waals surface area contributed by atoms with Gasteiger partial charge in [-0.05, 0) is 31.3 Å². The van der Waals surface area contributed by atoms with Crippen molar-refractivity contribution in [2.75, 3.05) is 26.7 Å². The molecule has 0 amide bonds. The van der Waals surface area contributed by atoms with E-state index in [-0.39, 0.29) is 11.4 Å². The standard InChI is InChI=1S/C15H17F3N2O2/c1-20-8-6-14(7-9-20)10-19-13(22-14)11-2-4-12(5-3-11)21-15(16,17)18/h2-5H,6-10H2,1H3. The van der Waals surface area contributed by atoms with Gasteiger partial charge in [-0.25, -0.2) is 4.99 Å². The Balaban J connectivity index is 1.66. The Bertz CT molecular complexity index is 561. The highest BCUT2D eigenvalue weighted by Crippen LogP contribution is 2.32. The summed E-state index contributed by atoms with van der Waals surface area (Å²) in [5.41, 5.74) is 0.425. The number of benzene rings is 1. The van der Waals surface area contributed by atoms with E-state index in [4.69, 9.17) is 4.74 Å². The van der Waals surface area contributed by atoms with Crippen LogP contribution in [0.1, 0.15) is 18.4 Å². The summed E-state index contributed by atoms with van der Waals surface area (Å²) in [6, 6.07) is 5.62. The van der Waals surface area contributed by atoms with Crippen molar-refractivity contribution >= 4 is 5.90 Å². The zero-order valence-electron chi connectivity index (χ0n) is 12.2. The van der Waals surface area contributed by atoms with E-state index in [1.807, 2.05) is 0 Å². The number of hydrogen-bond donors (Lipinski definition) is 0. The van der Waals surface area contributed by atoms with Gasteiger partial charge in [0.2, 0.25) is 5.90 Å². The van der Waals surface area contributed by atoms with Crippen LogP contribution in [0.5, 0.6) is 5.75 Å². The molecule has 1 spiro atoms. The Kier molecular flexibility index (Phi) is 3.76. The van der Waals surface area contributed by atoms with Crippen LogP contribution in [0.15, 0.2) is 29.3 Å². The van der Waals surface area contributed by atoms with E-state index in [0.29, 0.717) is 18.0 Å². The van der Waals surface area contributed by atoms with Crippen molar-refractivity contribution in [3.8, 4) is 5.75 Å². The topological polar surface area (TPSA) is 34.1 Å². The molecule has 0 atom stereocenters. The molecule has 7 heteroatoms. The molecule has 3 rings (SSSR count). The normalized spacial score (nSPS) is 21.5. The molecule has 120 valence electrons. The molecule has 1 saturated heterocycles. The van der Waals surface area contributed by atoms with Crippen LogP contribution in [-0.2, 0) is 4.74 Å². The number of nitrogens with zero attached hydrogens (tertiary/aromatic N) is 2. The molecule has 0 radical (unpaired) electrons. The molecular formula is C15H17F3N2O2. The van der Waals surface area contributed by atoms with Crippen LogP contribution < -0.4 is 4.74 Å². The first-order valence-electron chi connectivity index (χ1n) is 7.13. The summed E-state index contributed by atoms with van der Waals surface area (Å²) in [5.74, 6) is 0.256. The maximum atomic E-state index is 12.1. The lowest BCUT2D eigenvalue weighted by Crippen LogP contribution is -2.45. The summed E-state index contributed by atoms with van der Waals surface area (Å²) < 4.78 is 46.3. The fourth-order valence-electron chi connectivity index (χ4n) is 2.72. The molecule has 0 aromatic heterocycles. The number of ether oxygens (including phenoxy) is 2. The third-order valence-electron chi connectivity index (χ3n) is 4.06. The monoisotopic (exact) mass is 314 g/mol. The Morgan fingerprint density at radius 1 is 1.18 bits per heavy atom. The van der Waals surface area contributed by atoms with E-state index < -0.39 is 6.36 Å². The van der Waals surface area contributed by atoms with Gasteiger partial charge in [-0.1, -0.05) is 0 Å². The summed E-state index contributed by atoms with van der Waals surface area (Å²) in [6.07, 6.45) is -2.86. The van der Waals surface area contributed by atoms with E-state index in [2.05, 4.69) is 21.7 Å². The summed E-state index contributed by atoms with van der Waals surface area (Å²) in [5, 5.41) is 0. The van der Waals surface area contributed by atoms with Gasteiger partial charge in [0.15, 0.2) is 0 Å². The zero-order chi connectivity index (χ0) is 15.8. The second-order valence-electron chi connectivity index (χ2n) is 5.78. The van der Waals surface area contributed by atoms with Gasteiger partial charge in [-0.2, -0.15) is 0 Å². The summed E-state index contributed by atoms with van der Waals surface area (Å²) in [6.45, 7) is 2.53. The number of hydrogen-bond acceptors (Lipinski definition) is 4. The minimum atomic E-state index is -4.68. The molecule has 2 aliphatic rings. The number of aliphatic imine (C=N–C) groups is 1. The Morgan fingerprint density at radius 3 is 2.41 bits per heavy atom. The van der Waals surface area contributed by atoms with E-state index >= 15 is 0 Å². The highest BCUT2D eigenvalue weighted by molar-refractivity contribution is 5.95. The molecule has 1 aromatic rings. The van der Waals surface area contributed by atoms with Crippen LogP contribution in [0.2, 0.25) is 0 Å². The lowest BCUT2D eigenvalue weighted by atomic mass is 9.92. The molecule has 2 aliphatic heterocycles. The maximum absolute atomic E-state index is 12.1. The lowest BCUT2D eigenvalue weighted by molar-refractivity contribution is -0.274. The quantitative estimate of drug-likeness (QED) is 0.842. The highest BCUT2D eigenvalue weighted by Gasteiger charge is 2.40. The van der Waals surface area contributed by atoms with Crippen LogP contribution in [-0.4, -0.2) is 49.4 Å². The predicted molar refractivity (Wildman–Crippen MR) is 75.1 cm³/mol. The van der Waals surface area contributed by atoms with Crippen LogP contribution in [0, 0.1) is 0 Å². The van der Waals surface area contributed by atoms with E-state index in [1.54, 1.807) is 0 Å². The first kappa shape index (κ1) is 15.1. The first-order chi connectivity index (χ1) is 10.4. The predicted octanol–water partition coefficient (Wildman–Crippen LogP) is 2.83. The fraction of sp³-hybridized carbons (Fsp3) is 0.533. The number of likely N-dealkylation sites (tertiary alicyclic amines) is 1. The van der Waals surface area contributed by atoms with Gasteiger partial charge in [0.25, 0.3) is 0 Å². The van der Waals surface area contributed by atoms with Crippen LogP contribution in [0.25, 0.3) is 0 Å². The summed E-state index contributed by atoms with van der Waals surface area (Å²) in [4.78, 5) is 6.67. The van der Waals surface area contributed by atoms with Crippen molar-refractivity contribution in [1.29, 1.82) is 0 Å². The second kappa shape index (κ2) is 5.46. The van der Waals surface area contributed by atoms with E-state index in [0.717, 1.165) is 25.9 Å². The van der Waals surface area contributed by atoms with Gasteiger partial charge in [-0.3, -0.25) is 0 Å². The van der Waals surface area contributed by atoms with Crippen molar-refractivity contribution in [2.45, 2.75) is 24.8 Å². The molecule has 1 fully saturated rings. The molecule has 4 nitrogen and oxygen atoms in total. The summed E-state index contributed by atoms with van der Waals surface area (Å²) >= 11 is 0. The van der Waals surface area contributed by atoms with Gasteiger partial charge in [0.05, 0.1) is 6.54 Å². The third kappa shape index (κ3) is 3.35. The van der Waals surface area contributed by atoms with Crippen LogP contribution in [0.3, 0.4) is 0 Å². The van der Waals surface area contributed by atoms with Gasteiger partial charge in [-0.15, -0.1) is 13.2 Å². The van der Waals surface area contributed by atoms with Crippen molar-refractivity contribution in [2.24, 2.45) is 4.99 Å². The number of alkyl halides is 3. The highest BCUT2D eigenvalue weighted by atomic mass is 19.4. The van der Waals surface area contributed by atoms with Crippen molar-refractivity contribution in [1.82, 2.24) is 4.90 Å². The van der Waals surface area contributed by atoms with Gasteiger partial charge in [0, 0.05) is 31.5 Å². The van der Waals surface area contributed by atoms with Gasteiger partial charge >= 0.3 is 6.36 Å². The van der Waals surface area contributed by atoms with Crippen LogP contribution in [0.4, 0.5) is 13.2 Å². The maximum Gasteiger partial charge on any atom is 0.573 e. The molecule has 0 saturated carbocycles. The molecule has 0 aliphatic carbocycles. The zero-order valence-corrected chi connectivity index (χ0v) is 12.2. The number of halogens is 3. The first-order valence-corrected chi connectivity index (χ1v) is 7.13. The number of rotatable bonds is 2. The van der Waals surface area contributed by atoms with Gasteiger partial charge < -0.3 is 14.4 Å². The molecule has 0 unspecified atom stereocenters. The van der Waals surface area contributed by atoms with Crippen molar-refractivity contribution in [3.63, 3.8) is 0 Å². The molecule has 0 bridgehead atoms. The molecule has 1 aromatic carbocycles. The molecule has 0 N–H and O–H groups in total. The Morgan fingerprint density at radius 2 is 1.82 bits per heavy atom. The SMILES string of the molecule is CN1CCC2(CC1)CN=C(c1ccc(OC(F)(F)F)cc1)O2.